The van der Waals surface area contributed by atoms with E-state index in [4.69, 9.17) is 13.9 Å². The Balaban J connectivity index is 1.41. The Kier molecular flexibility index (Phi) is 5.88. The van der Waals surface area contributed by atoms with E-state index in [9.17, 15) is 14.4 Å². The molecule has 1 saturated heterocycles. The molecule has 0 amide bonds. The molecular weight excluding hydrogens is 398 g/mol. The summed E-state index contributed by atoms with van der Waals surface area (Å²) in [6, 6.07) is 4.81. The fourth-order valence-electron chi connectivity index (χ4n) is 4.32. The van der Waals surface area contributed by atoms with Crippen molar-refractivity contribution in [1.82, 2.24) is 5.32 Å². The number of fused-ring (bicyclic) bond motifs is 3. The van der Waals surface area contributed by atoms with Gasteiger partial charge in [-0.2, -0.15) is 0 Å². The lowest BCUT2D eigenvalue weighted by Gasteiger charge is -2.29. The Bertz CT molecular complexity index is 1060. The molecule has 2 aromatic rings. The van der Waals surface area contributed by atoms with Gasteiger partial charge in [0.15, 0.2) is 0 Å². The van der Waals surface area contributed by atoms with E-state index >= 15 is 0 Å². The van der Waals surface area contributed by atoms with Gasteiger partial charge < -0.3 is 19.2 Å². The summed E-state index contributed by atoms with van der Waals surface area (Å²) in [5.41, 5.74) is 1.44. The highest BCUT2D eigenvalue weighted by molar-refractivity contribution is 5.84. The minimum Gasteiger partial charge on any atom is -0.459 e. The van der Waals surface area contributed by atoms with Crippen molar-refractivity contribution in [3.8, 4) is 5.75 Å². The van der Waals surface area contributed by atoms with Crippen molar-refractivity contribution in [1.29, 1.82) is 0 Å². The zero-order chi connectivity index (χ0) is 22.2. The van der Waals surface area contributed by atoms with Crippen LogP contribution in [0.5, 0.6) is 5.75 Å². The van der Waals surface area contributed by atoms with E-state index in [-0.39, 0.29) is 23.5 Å². The van der Waals surface area contributed by atoms with Crippen LogP contribution in [0, 0.1) is 5.92 Å². The molecule has 1 aromatic heterocycles. The maximum absolute atomic E-state index is 12.6. The van der Waals surface area contributed by atoms with E-state index in [1.165, 1.54) is 0 Å². The minimum atomic E-state index is -0.543. The quantitative estimate of drug-likeness (QED) is 0.456. The Hall–Kier alpha value is -2.67. The molecule has 4 rings (SSSR count). The molecule has 7 heteroatoms. The van der Waals surface area contributed by atoms with Crippen molar-refractivity contribution in [2.45, 2.75) is 70.9 Å². The Labute approximate surface area is 181 Å². The van der Waals surface area contributed by atoms with Crippen molar-refractivity contribution < 1.29 is 23.5 Å². The third kappa shape index (κ3) is 4.82. The van der Waals surface area contributed by atoms with Crippen LogP contribution in [0.2, 0.25) is 0 Å². The summed E-state index contributed by atoms with van der Waals surface area (Å²) in [7, 11) is 0. The van der Waals surface area contributed by atoms with Crippen LogP contribution in [0.25, 0.3) is 11.0 Å². The van der Waals surface area contributed by atoms with Crippen LogP contribution in [0.3, 0.4) is 0 Å². The van der Waals surface area contributed by atoms with Crippen LogP contribution in [0.4, 0.5) is 0 Å². The topological polar surface area (TPSA) is 94.8 Å². The summed E-state index contributed by atoms with van der Waals surface area (Å²) in [4.78, 5) is 37.1. The normalized spacial score (nSPS) is 21.4. The predicted molar refractivity (Wildman–Crippen MR) is 115 cm³/mol. The smallest absolute Gasteiger partial charge is 0.339 e. The van der Waals surface area contributed by atoms with Crippen molar-refractivity contribution >= 4 is 22.9 Å². The summed E-state index contributed by atoms with van der Waals surface area (Å²) in [6.45, 7) is 5.83. The summed E-state index contributed by atoms with van der Waals surface area (Å²) in [6.07, 6.45) is 4.72. The van der Waals surface area contributed by atoms with Crippen LogP contribution in [0.1, 0.15) is 57.6 Å². The highest BCUT2D eigenvalue weighted by Gasteiger charge is 2.33. The molecule has 0 spiro atoms. The van der Waals surface area contributed by atoms with Gasteiger partial charge in [-0.25, -0.2) is 4.79 Å². The summed E-state index contributed by atoms with van der Waals surface area (Å²) < 4.78 is 16.5. The number of ether oxygens (including phenoxy) is 2. The van der Waals surface area contributed by atoms with Crippen molar-refractivity contribution in [3.63, 3.8) is 0 Å². The van der Waals surface area contributed by atoms with Crippen LogP contribution >= 0.6 is 0 Å². The summed E-state index contributed by atoms with van der Waals surface area (Å²) in [5.74, 6) is -0.669. The van der Waals surface area contributed by atoms with Gasteiger partial charge in [0.25, 0.3) is 0 Å². The number of aryl methyl sites for hydroxylation is 1. The molecule has 1 fully saturated rings. The Morgan fingerprint density at radius 2 is 1.81 bits per heavy atom. The molecule has 1 aromatic carbocycles. The average molecular weight is 427 g/mol. The van der Waals surface area contributed by atoms with E-state index in [0.717, 1.165) is 42.2 Å². The number of piperidine rings is 1. The van der Waals surface area contributed by atoms with Crippen LogP contribution in [-0.2, 0) is 27.2 Å². The van der Waals surface area contributed by atoms with Gasteiger partial charge >= 0.3 is 17.6 Å². The maximum atomic E-state index is 12.6. The fraction of sp³-hybridized carbons (Fsp3) is 0.542. The second-order valence-electron chi connectivity index (χ2n) is 9.40. The number of esters is 2. The highest BCUT2D eigenvalue weighted by Crippen LogP contribution is 2.29. The molecule has 31 heavy (non-hydrogen) atoms. The van der Waals surface area contributed by atoms with E-state index in [1.807, 2.05) is 26.8 Å². The van der Waals surface area contributed by atoms with Gasteiger partial charge in [-0.15, -0.1) is 0 Å². The molecule has 1 N–H and O–H groups in total. The molecular formula is C24H29NO6. The number of rotatable bonds is 3. The highest BCUT2D eigenvalue weighted by atomic mass is 16.6. The first kappa shape index (κ1) is 21.6. The Morgan fingerprint density at radius 1 is 1.06 bits per heavy atom. The minimum absolute atomic E-state index is 0.296. The van der Waals surface area contributed by atoms with Gasteiger partial charge in [0.1, 0.15) is 23.0 Å². The molecule has 1 aliphatic heterocycles. The number of carbonyl (C=O) groups excluding carboxylic acids is 2. The lowest BCUT2D eigenvalue weighted by molar-refractivity contribution is -0.159. The third-order valence-corrected chi connectivity index (χ3v) is 5.85. The molecule has 2 aliphatic rings. The Morgan fingerprint density at radius 3 is 2.48 bits per heavy atom. The first-order chi connectivity index (χ1) is 14.7. The first-order valence-electron chi connectivity index (χ1n) is 11.0. The lowest BCUT2D eigenvalue weighted by atomic mass is 9.91. The molecule has 0 radical (unpaired) electrons. The number of hydrogen-bond donors (Lipinski definition) is 1. The molecule has 1 aliphatic carbocycles. The fourth-order valence-corrected chi connectivity index (χ4v) is 4.32. The lowest BCUT2D eigenvalue weighted by Crippen LogP contribution is -2.48. The summed E-state index contributed by atoms with van der Waals surface area (Å²) in [5, 5.41) is 4.01. The molecule has 2 heterocycles. The number of benzene rings is 1. The number of hydrogen-bond acceptors (Lipinski definition) is 7. The van der Waals surface area contributed by atoms with Gasteiger partial charge in [-0.1, -0.05) is 0 Å². The predicted octanol–water partition coefficient (Wildman–Crippen LogP) is 3.29. The van der Waals surface area contributed by atoms with E-state index in [2.05, 4.69) is 5.32 Å². The van der Waals surface area contributed by atoms with Gasteiger partial charge in [0.2, 0.25) is 0 Å². The largest absolute Gasteiger partial charge is 0.459 e. The maximum Gasteiger partial charge on any atom is 0.339 e. The van der Waals surface area contributed by atoms with E-state index < -0.39 is 11.6 Å². The molecule has 0 unspecified atom stereocenters. The molecule has 0 bridgehead atoms. The van der Waals surface area contributed by atoms with Gasteiger partial charge in [0.05, 0.1) is 5.92 Å². The standard InChI is InChI=1S/C24H29NO6/c1-24(2,3)31-23(28)19-11-8-14(13-25-19)21(26)29-15-9-10-17-16-6-4-5-7-18(16)22(27)30-20(17)12-15/h9-10,12,14,19,25H,4-8,11,13H2,1-3H3/t14-,19-/m1/s1. The van der Waals surface area contributed by atoms with Crippen LogP contribution < -0.4 is 15.7 Å². The zero-order valence-electron chi connectivity index (χ0n) is 18.3. The van der Waals surface area contributed by atoms with E-state index in [0.29, 0.717) is 30.7 Å². The SMILES string of the molecule is CC(C)(C)OC(=O)[C@H]1CC[C@@H](C(=O)Oc2ccc3c4c(c(=O)oc3c2)CCCC4)CN1. The zero-order valence-corrected chi connectivity index (χ0v) is 18.3. The molecule has 2 atom stereocenters. The second kappa shape index (κ2) is 8.46. The first-order valence-corrected chi connectivity index (χ1v) is 11.0. The van der Waals surface area contributed by atoms with Gasteiger partial charge in [0, 0.05) is 23.6 Å². The second-order valence-corrected chi connectivity index (χ2v) is 9.40. The van der Waals surface area contributed by atoms with E-state index in [1.54, 1.807) is 12.1 Å². The van der Waals surface area contributed by atoms with Gasteiger partial charge in [-0.3, -0.25) is 9.59 Å². The third-order valence-electron chi connectivity index (χ3n) is 5.85. The average Bonchev–Trinajstić information content (AvgIpc) is 2.73. The van der Waals surface area contributed by atoms with Crippen LogP contribution in [0.15, 0.2) is 27.4 Å². The van der Waals surface area contributed by atoms with Gasteiger partial charge in [-0.05, 0) is 77.0 Å². The number of carbonyl (C=O) groups is 2. The summed E-state index contributed by atoms with van der Waals surface area (Å²) >= 11 is 0. The molecule has 166 valence electrons. The molecule has 7 nitrogen and oxygen atoms in total. The van der Waals surface area contributed by atoms with Crippen molar-refractivity contribution in [3.05, 3.63) is 39.7 Å². The number of nitrogens with one attached hydrogen (secondary N) is 1. The van der Waals surface area contributed by atoms with Crippen molar-refractivity contribution in [2.24, 2.45) is 5.92 Å². The molecule has 0 saturated carbocycles. The van der Waals surface area contributed by atoms with Crippen molar-refractivity contribution in [2.75, 3.05) is 6.54 Å². The van der Waals surface area contributed by atoms with Crippen LogP contribution in [-0.4, -0.2) is 30.1 Å². The monoisotopic (exact) mass is 427 g/mol.